The van der Waals surface area contributed by atoms with Crippen LogP contribution in [0.1, 0.15) is 6.92 Å². The smallest absolute Gasteiger partial charge is 0.325 e. The molecule has 0 spiro atoms. The lowest BCUT2D eigenvalue weighted by Gasteiger charge is -2.40. The van der Waals surface area contributed by atoms with Crippen LogP contribution in [0.5, 0.6) is 11.5 Å². The minimum Gasteiger partial charge on any atom is -0.486 e. The van der Waals surface area contributed by atoms with Gasteiger partial charge >= 0.3 is 12.1 Å². The second-order valence-corrected chi connectivity index (χ2v) is 7.88. The molecule has 0 radical (unpaired) electrons. The highest BCUT2D eigenvalue weighted by Crippen LogP contribution is 2.32. The summed E-state index contributed by atoms with van der Waals surface area (Å²) in [7, 11) is 0. The Morgan fingerprint density at radius 1 is 0.875 bits per heavy atom. The maximum absolute atomic E-state index is 12.6. The van der Waals surface area contributed by atoms with E-state index in [0.717, 1.165) is 0 Å². The van der Waals surface area contributed by atoms with Crippen LogP contribution in [0.4, 0.5) is 15.3 Å². The quantitative estimate of drug-likeness (QED) is 0.696. The van der Waals surface area contributed by atoms with Crippen molar-refractivity contribution >= 4 is 23.7 Å². The number of hydrogen-bond donors (Lipinski definition) is 2. The third-order valence-corrected chi connectivity index (χ3v) is 5.83. The van der Waals surface area contributed by atoms with Gasteiger partial charge in [-0.2, -0.15) is 0 Å². The van der Waals surface area contributed by atoms with Crippen LogP contribution in [0, 0.1) is 0 Å². The Balaban J connectivity index is 1.23. The maximum atomic E-state index is 12.6. The number of ether oxygens (including phenoxy) is 3. The number of benzene rings is 1. The van der Waals surface area contributed by atoms with Crippen molar-refractivity contribution in [3.8, 4) is 11.5 Å². The molecule has 0 bridgehead atoms. The third-order valence-electron chi connectivity index (χ3n) is 5.83. The highest BCUT2D eigenvalue weighted by molar-refractivity contribution is 6.02. The zero-order chi connectivity index (χ0) is 22.5. The number of hydrogen-bond acceptors (Lipinski definition) is 7. The summed E-state index contributed by atoms with van der Waals surface area (Å²) in [4.78, 5) is 43.0. The molecule has 3 heterocycles. The largest absolute Gasteiger partial charge is 0.486 e. The average Bonchev–Trinajstić information content (AvgIpc) is 2.83. The molecule has 4 rings (SSSR count). The van der Waals surface area contributed by atoms with E-state index < -0.39 is 18.0 Å². The Hall–Kier alpha value is -3.05. The Morgan fingerprint density at radius 2 is 1.53 bits per heavy atom. The molecule has 2 N–H and O–H groups in total. The fourth-order valence-electron chi connectivity index (χ4n) is 3.92. The van der Waals surface area contributed by atoms with Crippen LogP contribution in [0.3, 0.4) is 0 Å². The first-order chi connectivity index (χ1) is 15.5. The molecule has 2 saturated heterocycles. The van der Waals surface area contributed by atoms with Crippen LogP contribution < -0.4 is 20.1 Å². The van der Waals surface area contributed by atoms with Crippen LogP contribution in [0.25, 0.3) is 0 Å². The van der Waals surface area contributed by atoms with E-state index in [0.29, 0.717) is 82.9 Å². The molecule has 2 fully saturated rings. The Bertz CT molecular complexity index is 851. The van der Waals surface area contributed by atoms with Crippen LogP contribution >= 0.6 is 0 Å². The van der Waals surface area contributed by atoms with Crippen molar-refractivity contribution in [2.45, 2.75) is 13.0 Å². The highest BCUT2D eigenvalue weighted by Gasteiger charge is 2.30. The van der Waals surface area contributed by atoms with Gasteiger partial charge in [-0.1, -0.05) is 0 Å². The number of urea groups is 2. The molecule has 3 aliphatic rings. The first kappa shape index (κ1) is 22.2. The van der Waals surface area contributed by atoms with Gasteiger partial charge in [0.05, 0.1) is 19.3 Å². The van der Waals surface area contributed by atoms with Crippen LogP contribution in [0.2, 0.25) is 0 Å². The van der Waals surface area contributed by atoms with Crippen LogP contribution in [-0.4, -0.2) is 104 Å². The molecule has 0 unspecified atom stereocenters. The third kappa shape index (κ3) is 5.22. The lowest BCUT2D eigenvalue weighted by atomic mass is 10.2. The van der Waals surface area contributed by atoms with E-state index in [9.17, 15) is 14.4 Å². The number of carbonyl (C=O) groups is 3. The number of rotatable bonds is 3. The molecule has 11 nitrogen and oxygen atoms in total. The van der Waals surface area contributed by atoms with E-state index in [2.05, 4.69) is 10.6 Å². The van der Waals surface area contributed by atoms with E-state index in [1.807, 2.05) is 4.90 Å². The predicted octanol–water partition coefficient (Wildman–Crippen LogP) is 0.564. The Labute approximate surface area is 186 Å². The van der Waals surface area contributed by atoms with Crippen molar-refractivity contribution in [2.75, 3.05) is 71.0 Å². The topological polar surface area (TPSA) is 113 Å². The summed E-state index contributed by atoms with van der Waals surface area (Å²) >= 11 is 0. The first-order valence-electron chi connectivity index (χ1n) is 10.9. The van der Waals surface area contributed by atoms with E-state index in [4.69, 9.17) is 14.2 Å². The summed E-state index contributed by atoms with van der Waals surface area (Å²) in [5, 5.41) is 5.03. The zero-order valence-corrected chi connectivity index (χ0v) is 18.2. The summed E-state index contributed by atoms with van der Waals surface area (Å²) in [6.07, 6.45) is 0. The number of imide groups is 1. The van der Waals surface area contributed by atoms with Gasteiger partial charge in [0.1, 0.15) is 13.2 Å². The zero-order valence-electron chi connectivity index (χ0n) is 18.2. The SMILES string of the molecule is C[C@H](C(=O)NC(=O)Nc1ccc2c(c1)OCCO2)N1CCN(C(=O)N2CCOCC2)CC1. The fourth-order valence-corrected chi connectivity index (χ4v) is 3.92. The normalized spacial score (nSPS) is 19.8. The van der Waals surface area contributed by atoms with Crippen LogP contribution in [-0.2, 0) is 9.53 Å². The van der Waals surface area contributed by atoms with E-state index >= 15 is 0 Å². The second kappa shape index (κ2) is 10.0. The van der Waals surface area contributed by atoms with Crippen molar-refractivity contribution < 1.29 is 28.6 Å². The van der Waals surface area contributed by atoms with Gasteiger partial charge in [-0.15, -0.1) is 0 Å². The number of morpholine rings is 1. The minimum atomic E-state index is -0.611. The van der Waals surface area contributed by atoms with Gasteiger partial charge in [-0.25, -0.2) is 9.59 Å². The van der Waals surface area contributed by atoms with Gasteiger partial charge in [0.15, 0.2) is 11.5 Å². The number of anilines is 1. The standard InChI is InChI=1S/C21H29N5O6/c1-15(24-4-6-25(7-5-24)21(29)26-8-10-30-11-9-26)19(27)23-20(28)22-16-2-3-17-18(14-16)32-13-12-31-17/h2-3,14-15H,4-13H2,1H3,(H2,22,23,27,28)/t15-/m1/s1. The van der Waals surface area contributed by atoms with Crippen molar-refractivity contribution in [3.05, 3.63) is 18.2 Å². The summed E-state index contributed by atoms with van der Waals surface area (Å²) in [5.74, 6) is 0.782. The summed E-state index contributed by atoms with van der Waals surface area (Å²) < 4.78 is 16.3. The molecule has 3 aliphatic heterocycles. The monoisotopic (exact) mass is 447 g/mol. The fraction of sp³-hybridized carbons (Fsp3) is 0.571. The van der Waals surface area contributed by atoms with Crippen molar-refractivity contribution in [1.29, 1.82) is 0 Å². The van der Waals surface area contributed by atoms with Crippen LogP contribution in [0.15, 0.2) is 18.2 Å². The number of carbonyl (C=O) groups excluding carboxylic acids is 3. The van der Waals surface area contributed by atoms with Crippen molar-refractivity contribution in [1.82, 2.24) is 20.0 Å². The second-order valence-electron chi connectivity index (χ2n) is 7.88. The Morgan fingerprint density at radius 3 is 2.25 bits per heavy atom. The number of nitrogens with zero attached hydrogens (tertiary/aromatic N) is 3. The Kier molecular flexibility index (Phi) is 6.96. The molecule has 1 aromatic carbocycles. The van der Waals surface area contributed by atoms with Gasteiger partial charge in [0.25, 0.3) is 0 Å². The molecule has 32 heavy (non-hydrogen) atoms. The molecule has 1 atom stereocenters. The van der Waals surface area contributed by atoms with E-state index in [1.165, 1.54) is 0 Å². The van der Waals surface area contributed by atoms with Gasteiger partial charge in [0, 0.05) is 51.0 Å². The molecule has 0 aromatic heterocycles. The summed E-state index contributed by atoms with van der Waals surface area (Å²) in [6, 6.07) is 3.97. The highest BCUT2D eigenvalue weighted by atomic mass is 16.6. The van der Waals surface area contributed by atoms with Gasteiger partial charge < -0.3 is 29.3 Å². The molecule has 174 valence electrons. The maximum Gasteiger partial charge on any atom is 0.325 e. The molecular weight excluding hydrogens is 418 g/mol. The van der Waals surface area contributed by atoms with Crippen molar-refractivity contribution in [2.24, 2.45) is 0 Å². The lowest BCUT2D eigenvalue weighted by molar-refractivity contribution is -0.125. The van der Waals surface area contributed by atoms with Gasteiger partial charge in [-0.3, -0.25) is 15.0 Å². The molecule has 0 aliphatic carbocycles. The lowest BCUT2D eigenvalue weighted by Crippen LogP contribution is -2.58. The minimum absolute atomic E-state index is 0.0175. The molecule has 5 amide bonds. The molecule has 0 saturated carbocycles. The van der Waals surface area contributed by atoms with Crippen molar-refractivity contribution in [3.63, 3.8) is 0 Å². The van der Waals surface area contributed by atoms with E-state index in [-0.39, 0.29) is 6.03 Å². The number of amides is 5. The van der Waals surface area contributed by atoms with Gasteiger partial charge in [-0.05, 0) is 19.1 Å². The van der Waals surface area contributed by atoms with E-state index in [1.54, 1.807) is 34.9 Å². The first-order valence-corrected chi connectivity index (χ1v) is 10.9. The molecular formula is C21H29N5O6. The summed E-state index contributed by atoms with van der Waals surface area (Å²) in [6.45, 7) is 7.25. The number of nitrogens with one attached hydrogen (secondary N) is 2. The molecule has 1 aromatic rings. The molecule has 11 heteroatoms. The van der Waals surface area contributed by atoms with Gasteiger partial charge in [0.2, 0.25) is 5.91 Å². The number of piperazine rings is 1. The average molecular weight is 447 g/mol. The number of fused-ring (bicyclic) bond motifs is 1. The summed E-state index contributed by atoms with van der Waals surface area (Å²) in [5.41, 5.74) is 0.502. The predicted molar refractivity (Wildman–Crippen MR) is 115 cm³/mol.